The first kappa shape index (κ1) is 15.0. The molecular formula is C21H17N3O. The maximum atomic E-state index is 12.3. The van der Waals surface area contributed by atoms with Gasteiger partial charge in [-0.25, -0.2) is 4.79 Å². The number of amides is 2. The van der Waals surface area contributed by atoms with E-state index < -0.39 is 6.03 Å². The molecule has 1 heterocycles. The van der Waals surface area contributed by atoms with Crippen molar-refractivity contribution < 1.29 is 4.79 Å². The van der Waals surface area contributed by atoms with Crippen molar-refractivity contribution in [3.63, 3.8) is 0 Å². The zero-order valence-corrected chi connectivity index (χ0v) is 13.5. The normalized spacial score (nSPS) is 10.7. The minimum atomic E-state index is -0.515. The zero-order chi connectivity index (χ0) is 17.2. The number of rotatable bonds is 3. The van der Waals surface area contributed by atoms with E-state index in [0.29, 0.717) is 0 Å². The second-order valence-corrected chi connectivity index (χ2v) is 5.81. The molecule has 0 aliphatic carbocycles. The maximum Gasteiger partial charge on any atom is 0.323 e. The first-order valence-corrected chi connectivity index (χ1v) is 8.05. The lowest BCUT2D eigenvalue weighted by atomic mass is 10.0. The monoisotopic (exact) mass is 327 g/mol. The fourth-order valence-electron chi connectivity index (χ4n) is 3.10. The molecule has 0 aliphatic heterocycles. The summed E-state index contributed by atoms with van der Waals surface area (Å²) in [5, 5.41) is 0.950. The number of carbonyl (C=O) groups is 1. The first-order valence-electron chi connectivity index (χ1n) is 8.05. The van der Waals surface area contributed by atoms with Gasteiger partial charge in [0, 0.05) is 17.1 Å². The van der Waals surface area contributed by atoms with Crippen molar-refractivity contribution >= 4 is 28.3 Å². The molecule has 3 N–H and O–H groups in total. The highest BCUT2D eigenvalue weighted by atomic mass is 16.2. The van der Waals surface area contributed by atoms with Crippen molar-refractivity contribution in [3.05, 3.63) is 85.1 Å². The Balaban J connectivity index is 1.85. The van der Waals surface area contributed by atoms with Crippen LogP contribution in [0.3, 0.4) is 0 Å². The quantitative estimate of drug-likeness (QED) is 0.543. The van der Waals surface area contributed by atoms with Crippen LogP contribution in [-0.2, 0) is 0 Å². The zero-order valence-electron chi connectivity index (χ0n) is 13.5. The summed E-state index contributed by atoms with van der Waals surface area (Å²) in [6.07, 6.45) is 1.85. The number of primary amides is 1. The molecule has 4 heteroatoms. The van der Waals surface area contributed by atoms with Gasteiger partial charge in [0.2, 0.25) is 0 Å². The summed E-state index contributed by atoms with van der Waals surface area (Å²) in [5.41, 5.74) is 10.3. The molecule has 2 amide bonds. The summed E-state index contributed by atoms with van der Waals surface area (Å²) in [6.45, 7) is 0. The van der Waals surface area contributed by atoms with E-state index in [0.717, 1.165) is 33.4 Å². The number of hydrogen-bond donors (Lipinski definition) is 2. The lowest BCUT2D eigenvalue weighted by Gasteiger charge is -2.22. The molecule has 0 spiro atoms. The van der Waals surface area contributed by atoms with Crippen molar-refractivity contribution in [2.45, 2.75) is 0 Å². The van der Waals surface area contributed by atoms with Gasteiger partial charge in [0.15, 0.2) is 0 Å². The molecule has 0 fully saturated rings. The lowest BCUT2D eigenvalue weighted by Crippen LogP contribution is -2.31. The van der Waals surface area contributed by atoms with Crippen LogP contribution in [0.25, 0.3) is 22.0 Å². The second-order valence-electron chi connectivity index (χ2n) is 5.81. The Morgan fingerprint density at radius 2 is 1.60 bits per heavy atom. The number of fused-ring (bicyclic) bond motifs is 1. The second kappa shape index (κ2) is 6.17. The predicted octanol–water partition coefficient (Wildman–Crippen LogP) is 5.05. The Kier molecular flexibility index (Phi) is 3.71. The number of nitrogens with two attached hydrogens (primary N) is 1. The number of aromatic amines is 1. The van der Waals surface area contributed by atoms with Gasteiger partial charge in [0.25, 0.3) is 0 Å². The van der Waals surface area contributed by atoms with Crippen molar-refractivity contribution in [2.24, 2.45) is 5.73 Å². The Labute approximate surface area is 145 Å². The molecule has 4 aromatic rings. The maximum absolute atomic E-state index is 12.3. The van der Waals surface area contributed by atoms with Gasteiger partial charge < -0.3 is 10.7 Å². The number of nitrogens with one attached hydrogen (secondary N) is 1. The van der Waals surface area contributed by atoms with Crippen LogP contribution in [0.5, 0.6) is 0 Å². The molecule has 0 radical (unpaired) electrons. The van der Waals surface area contributed by atoms with E-state index in [-0.39, 0.29) is 0 Å². The first-order chi connectivity index (χ1) is 12.2. The number of hydrogen-bond acceptors (Lipinski definition) is 1. The Hall–Kier alpha value is -3.53. The molecule has 0 saturated carbocycles. The van der Waals surface area contributed by atoms with Crippen LogP contribution in [-0.4, -0.2) is 11.0 Å². The van der Waals surface area contributed by atoms with Crippen LogP contribution in [0, 0.1) is 0 Å². The van der Waals surface area contributed by atoms with E-state index >= 15 is 0 Å². The molecule has 0 aliphatic rings. The predicted molar refractivity (Wildman–Crippen MR) is 102 cm³/mol. The molecule has 0 bridgehead atoms. The highest BCUT2D eigenvalue weighted by Gasteiger charge is 2.18. The fraction of sp³-hybridized carbons (Fsp3) is 0. The summed E-state index contributed by atoms with van der Waals surface area (Å²) in [4.78, 5) is 17.0. The van der Waals surface area contributed by atoms with E-state index in [9.17, 15) is 4.79 Å². The van der Waals surface area contributed by atoms with Crippen LogP contribution < -0.4 is 10.6 Å². The standard InChI is InChI=1S/C21H17N3O/c22-21(25)24(20-11-5-10-19-18(20)12-13-23-19)17-9-4-8-16(14-17)15-6-2-1-3-7-15/h1-14,23H,(H2,22,25). The molecule has 4 nitrogen and oxygen atoms in total. The molecule has 0 saturated heterocycles. The Morgan fingerprint density at radius 1 is 0.840 bits per heavy atom. The van der Waals surface area contributed by atoms with Crippen LogP contribution >= 0.6 is 0 Å². The SMILES string of the molecule is NC(=O)N(c1cccc(-c2ccccc2)c1)c1cccc2[nH]ccc12. The van der Waals surface area contributed by atoms with E-state index in [1.165, 1.54) is 0 Å². The summed E-state index contributed by atoms with van der Waals surface area (Å²) in [7, 11) is 0. The minimum absolute atomic E-state index is 0.515. The van der Waals surface area contributed by atoms with Gasteiger partial charge in [0.1, 0.15) is 0 Å². The smallest absolute Gasteiger partial charge is 0.323 e. The van der Waals surface area contributed by atoms with Gasteiger partial charge in [-0.05, 0) is 41.5 Å². The third-order valence-electron chi connectivity index (χ3n) is 4.24. The Morgan fingerprint density at radius 3 is 2.40 bits per heavy atom. The van der Waals surface area contributed by atoms with E-state index in [1.807, 2.05) is 85.1 Å². The van der Waals surface area contributed by atoms with Crippen molar-refractivity contribution in [1.29, 1.82) is 0 Å². The van der Waals surface area contributed by atoms with Crippen molar-refractivity contribution in [3.8, 4) is 11.1 Å². The highest BCUT2D eigenvalue weighted by molar-refractivity contribution is 6.06. The third kappa shape index (κ3) is 2.74. The molecule has 122 valence electrons. The van der Waals surface area contributed by atoms with Crippen LogP contribution in [0.4, 0.5) is 16.2 Å². The minimum Gasteiger partial charge on any atom is -0.361 e. The summed E-state index contributed by atoms with van der Waals surface area (Å²) >= 11 is 0. The van der Waals surface area contributed by atoms with Crippen molar-refractivity contribution in [1.82, 2.24) is 4.98 Å². The average molecular weight is 327 g/mol. The van der Waals surface area contributed by atoms with Gasteiger partial charge in [-0.15, -0.1) is 0 Å². The van der Waals surface area contributed by atoms with E-state index in [1.54, 1.807) is 4.90 Å². The number of nitrogens with zero attached hydrogens (tertiary/aromatic N) is 1. The van der Waals surface area contributed by atoms with E-state index in [4.69, 9.17) is 5.73 Å². The van der Waals surface area contributed by atoms with E-state index in [2.05, 4.69) is 4.98 Å². The number of urea groups is 1. The highest BCUT2D eigenvalue weighted by Crippen LogP contribution is 2.33. The van der Waals surface area contributed by atoms with Crippen LogP contribution in [0.2, 0.25) is 0 Å². The van der Waals surface area contributed by atoms with Crippen LogP contribution in [0.1, 0.15) is 0 Å². The number of H-pyrrole nitrogens is 1. The van der Waals surface area contributed by atoms with Gasteiger partial charge in [0.05, 0.1) is 11.4 Å². The van der Waals surface area contributed by atoms with Gasteiger partial charge >= 0.3 is 6.03 Å². The molecule has 4 rings (SSSR count). The number of benzene rings is 3. The average Bonchev–Trinajstić information content (AvgIpc) is 3.12. The molecule has 1 aromatic heterocycles. The van der Waals surface area contributed by atoms with Gasteiger partial charge in [-0.2, -0.15) is 0 Å². The fourth-order valence-corrected chi connectivity index (χ4v) is 3.10. The molecule has 25 heavy (non-hydrogen) atoms. The lowest BCUT2D eigenvalue weighted by molar-refractivity contribution is 0.256. The number of anilines is 2. The van der Waals surface area contributed by atoms with Crippen LogP contribution in [0.15, 0.2) is 85.1 Å². The number of carbonyl (C=O) groups excluding carboxylic acids is 1. The topological polar surface area (TPSA) is 62.1 Å². The number of aromatic nitrogens is 1. The molecule has 0 atom stereocenters. The van der Waals surface area contributed by atoms with Gasteiger partial charge in [-0.1, -0.05) is 48.5 Å². The third-order valence-corrected chi connectivity index (χ3v) is 4.24. The summed E-state index contributed by atoms with van der Waals surface area (Å²) in [5.74, 6) is 0. The Bertz CT molecular complexity index is 1040. The summed E-state index contributed by atoms with van der Waals surface area (Å²) < 4.78 is 0. The molecule has 0 unspecified atom stereocenters. The largest absolute Gasteiger partial charge is 0.361 e. The molecule has 3 aromatic carbocycles. The van der Waals surface area contributed by atoms with Gasteiger partial charge in [-0.3, -0.25) is 4.90 Å². The summed E-state index contributed by atoms with van der Waals surface area (Å²) in [6, 6.07) is 25.1. The molecular weight excluding hydrogens is 310 g/mol. The van der Waals surface area contributed by atoms with Crippen molar-refractivity contribution in [2.75, 3.05) is 4.90 Å².